The summed E-state index contributed by atoms with van der Waals surface area (Å²) in [7, 11) is 0. The number of nitrogens with zero attached hydrogens (tertiary/aromatic N) is 2. The fraction of sp³-hybridized carbons (Fsp3) is 0.417. The highest BCUT2D eigenvalue weighted by Gasteiger charge is 2.21. The van der Waals surface area contributed by atoms with Gasteiger partial charge in [0, 0.05) is 36.9 Å². The summed E-state index contributed by atoms with van der Waals surface area (Å²) in [5.41, 5.74) is 4.02. The molecule has 1 atom stereocenters. The number of piperazine rings is 1. The van der Waals surface area contributed by atoms with Crippen LogP contribution in [-0.4, -0.2) is 60.9 Å². The molecule has 3 rings (SSSR count). The first-order valence-corrected chi connectivity index (χ1v) is 11.0. The number of carbonyl (C=O) groups excluding carboxylic acids is 2. The maximum absolute atomic E-state index is 12.5. The summed E-state index contributed by atoms with van der Waals surface area (Å²) in [6.07, 6.45) is 0. The van der Waals surface area contributed by atoms with Crippen molar-refractivity contribution in [2.75, 3.05) is 44.6 Å². The third kappa shape index (κ3) is 6.79. The molecule has 1 fully saturated rings. The van der Waals surface area contributed by atoms with E-state index >= 15 is 0 Å². The zero-order valence-electron chi connectivity index (χ0n) is 18.5. The Hall–Kier alpha value is -2.41. The van der Waals surface area contributed by atoms with Crippen LogP contribution in [0.1, 0.15) is 29.7 Å². The fourth-order valence-corrected chi connectivity index (χ4v) is 4.05. The standard InChI is InChI=1S/C24H31ClN4O2/c1-17-6-4-7-18(2)24(17)27-23(31)16-29-12-10-28(11-13-29)15-22(30)26-19(3)20-8-5-9-21(25)14-20/h4-9,14,19H,10-13,15-16H2,1-3H3,(H,26,30)(H,27,31). The van der Waals surface area contributed by atoms with E-state index in [1.165, 1.54) is 0 Å². The molecule has 0 radical (unpaired) electrons. The van der Waals surface area contributed by atoms with Crippen molar-refractivity contribution in [2.45, 2.75) is 26.8 Å². The van der Waals surface area contributed by atoms with Gasteiger partial charge in [0.1, 0.15) is 0 Å². The summed E-state index contributed by atoms with van der Waals surface area (Å²) in [6, 6.07) is 13.4. The molecule has 31 heavy (non-hydrogen) atoms. The largest absolute Gasteiger partial charge is 0.348 e. The maximum Gasteiger partial charge on any atom is 0.238 e. The first kappa shape index (κ1) is 23.3. The van der Waals surface area contributed by atoms with Crippen molar-refractivity contribution in [3.8, 4) is 0 Å². The van der Waals surface area contributed by atoms with Gasteiger partial charge in [0.05, 0.1) is 19.1 Å². The fourth-order valence-electron chi connectivity index (χ4n) is 3.85. The van der Waals surface area contributed by atoms with Crippen LogP contribution in [0.25, 0.3) is 0 Å². The van der Waals surface area contributed by atoms with Crippen molar-refractivity contribution < 1.29 is 9.59 Å². The Morgan fingerprint density at radius 1 is 0.935 bits per heavy atom. The zero-order chi connectivity index (χ0) is 22.4. The molecule has 2 aromatic carbocycles. The van der Waals surface area contributed by atoms with Gasteiger partial charge in [0.2, 0.25) is 11.8 Å². The molecule has 6 nitrogen and oxygen atoms in total. The number of carbonyl (C=O) groups is 2. The Morgan fingerprint density at radius 2 is 1.48 bits per heavy atom. The molecule has 0 aliphatic carbocycles. The molecule has 1 unspecified atom stereocenters. The molecule has 1 saturated heterocycles. The highest BCUT2D eigenvalue weighted by Crippen LogP contribution is 2.19. The SMILES string of the molecule is Cc1cccc(C)c1NC(=O)CN1CCN(CC(=O)NC(C)c2cccc(Cl)c2)CC1. The highest BCUT2D eigenvalue weighted by molar-refractivity contribution is 6.30. The van der Waals surface area contributed by atoms with Gasteiger partial charge < -0.3 is 10.6 Å². The summed E-state index contributed by atoms with van der Waals surface area (Å²) in [6.45, 7) is 9.71. The van der Waals surface area contributed by atoms with Crippen molar-refractivity contribution in [2.24, 2.45) is 0 Å². The molecular formula is C24H31ClN4O2. The topological polar surface area (TPSA) is 64.7 Å². The van der Waals surface area contributed by atoms with Gasteiger partial charge in [-0.3, -0.25) is 19.4 Å². The van der Waals surface area contributed by atoms with Gasteiger partial charge >= 0.3 is 0 Å². The van der Waals surface area contributed by atoms with Gasteiger partial charge in [0.25, 0.3) is 0 Å². The molecule has 1 aliphatic heterocycles. The molecule has 1 heterocycles. The lowest BCUT2D eigenvalue weighted by atomic mass is 10.1. The molecular weight excluding hydrogens is 412 g/mol. The van der Waals surface area contributed by atoms with Gasteiger partial charge in [-0.1, -0.05) is 41.9 Å². The van der Waals surface area contributed by atoms with Crippen LogP contribution in [0, 0.1) is 13.8 Å². The van der Waals surface area contributed by atoms with Crippen molar-refractivity contribution in [1.29, 1.82) is 0 Å². The van der Waals surface area contributed by atoms with E-state index in [4.69, 9.17) is 11.6 Å². The van der Waals surface area contributed by atoms with Crippen molar-refractivity contribution in [3.63, 3.8) is 0 Å². The normalized spacial score (nSPS) is 16.0. The number of benzene rings is 2. The number of halogens is 1. The predicted octanol–water partition coefficient (Wildman–Crippen LogP) is 3.39. The highest BCUT2D eigenvalue weighted by atomic mass is 35.5. The Balaban J connectivity index is 1.41. The second kappa shape index (κ2) is 10.8. The maximum atomic E-state index is 12.5. The second-order valence-electron chi connectivity index (χ2n) is 8.21. The lowest BCUT2D eigenvalue weighted by Gasteiger charge is -2.34. The molecule has 0 saturated carbocycles. The van der Waals surface area contributed by atoms with E-state index in [2.05, 4.69) is 20.4 Å². The molecule has 2 N–H and O–H groups in total. The molecule has 2 amide bonds. The lowest BCUT2D eigenvalue weighted by molar-refractivity contribution is -0.124. The van der Waals surface area contributed by atoms with E-state index in [1.807, 2.05) is 63.2 Å². The second-order valence-corrected chi connectivity index (χ2v) is 8.65. The van der Waals surface area contributed by atoms with Gasteiger partial charge in [0.15, 0.2) is 0 Å². The number of aryl methyl sites for hydroxylation is 2. The Bertz CT molecular complexity index is 905. The van der Waals surface area contributed by atoms with Crippen molar-refractivity contribution in [3.05, 3.63) is 64.2 Å². The van der Waals surface area contributed by atoms with Crippen LogP contribution < -0.4 is 10.6 Å². The minimum atomic E-state index is -0.0962. The molecule has 166 valence electrons. The van der Waals surface area contributed by atoms with Crippen LogP contribution in [0.15, 0.2) is 42.5 Å². The number of nitrogens with one attached hydrogen (secondary N) is 2. The smallest absolute Gasteiger partial charge is 0.238 e. The third-order valence-electron chi connectivity index (χ3n) is 5.67. The van der Waals surface area contributed by atoms with Crippen LogP contribution in [0.2, 0.25) is 5.02 Å². The summed E-state index contributed by atoms with van der Waals surface area (Å²) in [5, 5.41) is 6.74. The molecule has 0 bridgehead atoms. The first-order chi connectivity index (χ1) is 14.8. The van der Waals surface area contributed by atoms with Crippen molar-refractivity contribution in [1.82, 2.24) is 15.1 Å². The van der Waals surface area contributed by atoms with Crippen LogP contribution in [-0.2, 0) is 9.59 Å². The molecule has 7 heteroatoms. The number of amides is 2. The Kier molecular flexibility index (Phi) is 8.07. The van der Waals surface area contributed by atoms with Gasteiger partial charge in [-0.15, -0.1) is 0 Å². The Morgan fingerprint density at radius 3 is 2.06 bits per heavy atom. The molecule has 0 aromatic heterocycles. The van der Waals surface area contributed by atoms with E-state index in [-0.39, 0.29) is 17.9 Å². The van der Waals surface area contributed by atoms with Crippen LogP contribution in [0.4, 0.5) is 5.69 Å². The molecule has 0 spiro atoms. The number of anilines is 1. The number of hydrogen-bond acceptors (Lipinski definition) is 4. The monoisotopic (exact) mass is 442 g/mol. The van der Waals surface area contributed by atoms with Crippen LogP contribution in [0.3, 0.4) is 0 Å². The summed E-state index contributed by atoms with van der Waals surface area (Å²) in [4.78, 5) is 29.2. The zero-order valence-corrected chi connectivity index (χ0v) is 19.2. The van der Waals surface area contributed by atoms with E-state index in [0.717, 1.165) is 48.6 Å². The minimum absolute atomic E-state index is 0.000982. The lowest BCUT2D eigenvalue weighted by Crippen LogP contribution is -2.51. The average Bonchev–Trinajstić information content (AvgIpc) is 2.72. The number of hydrogen-bond donors (Lipinski definition) is 2. The summed E-state index contributed by atoms with van der Waals surface area (Å²) in [5.74, 6) is -0.00682. The van der Waals surface area contributed by atoms with E-state index in [0.29, 0.717) is 18.1 Å². The Labute approximate surface area is 189 Å². The van der Waals surface area contributed by atoms with Gasteiger partial charge in [-0.05, 0) is 49.6 Å². The summed E-state index contributed by atoms with van der Waals surface area (Å²) < 4.78 is 0. The van der Waals surface area contributed by atoms with E-state index in [1.54, 1.807) is 0 Å². The quantitative estimate of drug-likeness (QED) is 0.689. The van der Waals surface area contributed by atoms with Crippen LogP contribution >= 0.6 is 11.6 Å². The van der Waals surface area contributed by atoms with E-state index in [9.17, 15) is 9.59 Å². The van der Waals surface area contributed by atoms with Crippen LogP contribution in [0.5, 0.6) is 0 Å². The molecule has 2 aromatic rings. The third-order valence-corrected chi connectivity index (χ3v) is 5.91. The minimum Gasteiger partial charge on any atom is -0.348 e. The van der Waals surface area contributed by atoms with E-state index < -0.39 is 0 Å². The summed E-state index contributed by atoms with van der Waals surface area (Å²) >= 11 is 6.04. The number of rotatable bonds is 7. The first-order valence-electron chi connectivity index (χ1n) is 10.7. The van der Waals surface area contributed by atoms with Crippen molar-refractivity contribution >= 4 is 29.1 Å². The number of para-hydroxylation sites is 1. The van der Waals surface area contributed by atoms with Gasteiger partial charge in [-0.2, -0.15) is 0 Å². The predicted molar refractivity (Wildman–Crippen MR) is 125 cm³/mol. The average molecular weight is 443 g/mol. The van der Waals surface area contributed by atoms with Gasteiger partial charge in [-0.25, -0.2) is 0 Å². The molecule has 1 aliphatic rings.